The normalized spacial score (nSPS) is 24.4. The van der Waals surface area contributed by atoms with E-state index >= 15 is 0 Å². The fraction of sp³-hybridized carbons (Fsp3) is 0.786. The van der Waals surface area contributed by atoms with Crippen molar-refractivity contribution in [3.63, 3.8) is 0 Å². The van der Waals surface area contributed by atoms with Crippen LogP contribution in [0.4, 0.5) is 0 Å². The van der Waals surface area contributed by atoms with Gasteiger partial charge in [0.2, 0.25) is 11.8 Å². The van der Waals surface area contributed by atoms with Crippen molar-refractivity contribution in [1.29, 1.82) is 0 Å². The van der Waals surface area contributed by atoms with E-state index < -0.39 is 12.0 Å². The molecule has 2 saturated heterocycles. The Balaban J connectivity index is 1.98. The largest absolute Gasteiger partial charge is 0.480 e. The molecule has 0 saturated carbocycles. The standard InChI is InChI=1S/C14H22N2O4/c17-12-7-2-1-4-8-15(12)10-13(18)16-9-5-3-6-11(16)14(19)20/h11H,1-10H2,(H,19,20)/t11-/m1/s1. The lowest BCUT2D eigenvalue weighted by Gasteiger charge is -2.34. The Morgan fingerprint density at radius 3 is 2.60 bits per heavy atom. The number of rotatable bonds is 3. The molecule has 6 heteroatoms. The summed E-state index contributed by atoms with van der Waals surface area (Å²) in [5, 5.41) is 9.19. The van der Waals surface area contributed by atoms with E-state index in [4.69, 9.17) is 0 Å². The van der Waals surface area contributed by atoms with E-state index in [0.29, 0.717) is 25.9 Å². The third kappa shape index (κ3) is 3.49. The summed E-state index contributed by atoms with van der Waals surface area (Å²) < 4.78 is 0. The third-order valence-corrected chi connectivity index (χ3v) is 4.11. The van der Waals surface area contributed by atoms with Crippen LogP contribution < -0.4 is 0 Å². The molecule has 20 heavy (non-hydrogen) atoms. The van der Waals surface area contributed by atoms with Crippen LogP contribution in [0.5, 0.6) is 0 Å². The van der Waals surface area contributed by atoms with Crippen LogP contribution in [0.3, 0.4) is 0 Å². The zero-order valence-corrected chi connectivity index (χ0v) is 11.7. The zero-order chi connectivity index (χ0) is 14.5. The minimum Gasteiger partial charge on any atom is -0.480 e. The van der Waals surface area contributed by atoms with Gasteiger partial charge < -0.3 is 14.9 Å². The number of amides is 2. The molecule has 0 aromatic rings. The maximum atomic E-state index is 12.3. The first-order valence-corrected chi connectivity index (χ1v) is 7.39. The number of aliphatic carboxylic acids is 1. The molecule has 2 aliphatic heterocycles. The molecule has 0 aromatic heterocycles. The smallest absolute Gasteiger partial charge is 0.326 e. The van der Waals surface area contributed by atoms with Crippen molar-refractivity contribution in [2.75, 3.05) is 19.6 Å². The second-order valence-electron chi connectivity index (χ2n) is 5.56. The van der Waals surface area contributed by atoms with Crippen LogP contribution >= 0.6 is 0 Å². The molecule has 0 unspecified atom stereocenters. The molecule has 2 rings (SSSR count). The molecule has 112 valence electrons. The lowest BCUT2D eigenvalue weighted by molar-refractivity contribution is -0.153. The van der Waals surface area contributed by atoms with Gasteiger partial charge in [0.15, 0.2) is 0 Å². The summed E-state index contributed by atoms with van der Waals surface area (Å²) in [6, 6.07) is -0.724. The van der Waals surface area contributed by atoms with E-state index in [0.717, 1.165) is 32.1 Å². The number of likely N-dealkylation sites (tertiary alicyclic amines) is 2. The summed E-state index contributed by atoms with van der Waals surface area (Å²) in [7, 11) is 0. The SMILES string of the molecule is O=C(O)[C@H]1CCCCN1C(=O)CN1CCCCCC1=O. The number of carbonyl (C=O) groups excluding carboxylic acids is 2. The highest BCUT2D eigenvalue weighted by Gasteiger charge is 2.33. The lowest BCUT2D eigenvalue weighted by Crippen LogP contribution is -2.51. The molecular weight excluding hydrogens is 260 g/mol. The van der Waals surface area contributed by atoms with Gasteiger partial charge in [0.25, 0.3) is 0 Å². The summed E-state index contributed by atoms with van der Waals surface area (Å²) >= 11 is 0. The molecule has 6 nitrogen and oxygen atoms in total. The molecule has 0 aromatic carbocycles. The zero-order valence-electron chi connectivity index (χ0n) is 11.7. The van der Waals surface area contributed by atoms with E-state index in [1.807, 2.05) is 0 Å². The number of carbonyl (C=O) groups is 3. The molecule has 2 fully saturated rings. The second kappa shape index (κ2) is 6.72. The lowest BCUT2D eigenvalue weighted by atomic mass is 10.0. The molecule has 0 aliphatic carbocycles. The number of carboxylic acids is 1. The van der Waals surface area contributed by atoms with Crippen LogP contribution in [-0.4, -0.2) is 58.4 Å². The number of hydrogen-bond acceptors (Lipinski definition) is 3. The van der Waals surface area contributed by atoms with Crippen molar-refractivity contribution in [3.05, 3.63) is 0 Å². The first-order valence-electron chi connectivity index (χ1n) is 7.39. The minimum atomic E-state index is -0.944. The Morgan fingerprint density at radius 2 is 1.85 bits per heavy atom. The van der Waals surface area contributed by atoms with Crippen molar-refractivity contribution in [2.24, 2.45) is 0 Å². The summed E-state index contributed by atoms with van der Waals surface area (Å²) in [5.41, 5.74) is 0. The Hall–Kier alpha value is -1.59. The van der Waals surface area contributed by atoms with Crippen molar-refractivity contribution in [3.8, 4) is 0 Å². The van der Waals surface area contributed by atoms with Crippen molar-refractivity contribution in [1.82, 2.24) is 9.80 Å². The molecule has 0 spiro atoms. The summed E-state index contributed by atoms with van der Waals surface area (Å²) in [6.45, 7) is 1.12. The van der Waals surface area contributed by atoms with Gasteiger partial charge in [-0.1, -0.05) is 6.42 Å². The van der Waals surface area contributed by atoms with Crippen LogP contribution in [0.15, 0.2) is 0 Å². The van der Waals surface area contributed by atoms with Gasteiger partial charge in [-0.15, -0.1) is 0 Å². The fourth-order valence-electron chi connectivity index (χ4n) is 2.95. The first-order chi connectivity index (χ1) is 9.59. The maximum Gasteiger partial charge on any atom is 0.326 e. The predicted octanol–water partition coefficient (Wildman–Crippen LogP) is 0.855. The van der Waals surface area contributed by atoms with Gasteiger partial charge in [-0.25, -0.2) is 4.79 Å². The molecular formula is C14H22N2O4. The molecule has 2 aliphatic rings. The van der Waals surface area contributed by atoms with Crippen molar-refractivity contribution < 1.29 is 19.5 Å². The average molecular weight is 282 g/mol. The molecule has 0 bridgehead atoms. The van der Waals surface area contributed by atoms with E-state index in [-0.39, 0.29) is 18.4 Å². The monoisotopic (exact) mass is 282 g/mol. The number of hydrogen-bond donors (Lipinski definition) is 1. The molecule has 0 radical (unpaired) electrons. The van der Waals surface area contributed by atoms with Gasteiger partial charge >= 0.3 is 5.97 Å². The van der Waals surface area contributed by atoms with Crippen LogP contribution in [0.1, 0.15) is 44.9 Å². The summed E-state index contributed by atoms with van der Waals surface area (Å²) in [5.74, 6) is -1.16. The van der Waals surface area contributed by atoms with Crippen LogP contribution in [0.25, 0.3) is 0 Å². The first kappa shape index (κ1) is 14.8. The quantitative estimate of drug-likeness (QED) is 0.832. The van der Waals surface area contributed by atoms with Gasteiger partial charge in [0.05, 0.1) is 6.54 Å². The summed E-state index contributed by atoms with van der Waals surface area (Å²) in [6.07, 6.45) is 5.49. The van der Waals surface area contributed by atoms with E-state index in [9.17, 15) is 19.5 Å². The Bertz CT molecular complexity index is 397. The number of nitrogens with zero attached hydrogens (tertiary/aromatic N) is 2. The fourth-order valence-corrected chi connectivity index (χ4v) is 2.95. The van der Waals surface area contributed by atoms with Gasteiger partial charge in [0.1, 0.15) is 6.04 Å². The topological polar surface area (TPSA) is 77.9 Å². The van der Waals surface area contributed by atoms with Gasteiger partial charge in [0, 0.05) is 19.5 Å². The van der Waals surface area contributed by atoms with Gasteiger partial charge in [-0.05, 0) is 32.1 Å². The average Bonchev–Trinajstić information content (AvgIpc) is 2.64. The Kier molecular flexibility index (Phi) is 4.98. The molecule has 2 amide bonds. The molecule has 2 heterocycles. The minimum absolute atomic E-state index is 0.0136. The van der Waals surface area contributed by atoms with Crippen LogP contribution in [-0.2, 0) is 14.4 Å². The third-order valence-electron chi connectivity index (χ3n) is 4.11. The van der Waals surface area contributed by atoms with Crippen LogP contribution in [0.2, 0.25) is 0 Å². The highest BCUT2D eigenvalue weighted by Crippen LogP contribution is 2.18. The van der Waals surface area contributed by atoms with E-state index in [1.54, 1.807) is 4.90 Å². The van der Waals surface area contributed by atoms with E-state index in [1.165, 1.54) is 4.90 Å². The Morgan fingerprint density at radius 1 is 1.10 bits per heavy atom. The molecule has 1 atom stereocenters. The molecule has 1 N–H and O–H groups in total. The summed E-state index contributed by atoms with van der Waals surface area (Å²) in [4.78, 5) is 38.4. The second-order valence-corrected chi connectivity index (χ2v) is 5.56. The number of carboxylic acid groups (broad SMARTS) is 1. The highest BCUT2D eigenvalue weighted by atomic mass is 16.4. The maximum absolute atomic E-state index is 12.3. The van der Waals surface area contributed by atoms with Gasteiger partial charge in [-0.3, -0.25) is 9.59 Å². The Labute approximate surface area is 118 Å². The number of piperidine rings is 1. The predicted molar refractivity (Wildman–Crippen MR) is 72.0 cm³/mol. The highest BCUT2D eigenvalue weighted by molar-refractivity contribution is 5.88. The van der Waals surface area contributed by atoms with Gasteiger partial charge in [-0.2, -0.15) is 0 Å². The van der Waals surface area contributed by atoms with Crippen molar-refractivity contribution in [2.45, 2.75) is 51.0 Å². The van der Waals surface area contributed by atoms with Crippen LogP contribution in [0, 0.1) is 0 Å². The van der Waals surface area contributed by atoms with Crippen molar-refractivity contribution >= 4 is 17.8 Å². The van der Waals surface area contributed by atoms with E-state index in [2.05, 4.69) is 0 Å².